The number of fused-ring (bicyclic) bond motifs is 1. The van der Waals surface area contributed by atoms with Crippen LogP contribution < -0.4 is 5.32 Å². The first-order valence-corrected chi connectivity index (χ1v) is 8.75. The maximum absolute atomic E-state index is 12.1. The summed E-state index contributed by atoms with van der Waals surface area (Å²) in [6.07, 6.45) is 2.00. The first kappa shape index (κ1) is 15.0. The fraction of sp³-hybridized carbons (Fsp3) is 0.688. The van der Waals surface area contributed by atoms with E-state index in [9.17, 15) is 4.79 Å². The van der Waals surface area contributed by atoms with Crippen LogP contribution in [-0.2, 0) is 16.1 Å². The number of nitrogens with zero attached hydrogens (tertiary/aromatic N) is 1. The summed E-state index contributed by atoms with van der Waals surface area (Å²) < 4.78 is 6.03. The third-order valence-electron chi connectivity index (χ3n) is 4.35. The Balaban J connectivity index is 1.53. The number of nitrogens with one attached hydrogen (secondary N) is 1. The highest BCUT2D eigenvalue weighted by atomic mass is 32.1. The van der Waals surface area contributed by atoms with E-state index in [-0.39, 0.29) is 24.2 Å². The number of hydrogen-bond donors (Lipinski definition) is 1. The minimum Gasteiger partial charge on any atom is -0.364 e. The number of hydrogen-bond acceptors (Lipinski definition) is 4. The van der Waals surface area contributed by atoms with Crippen molar-refractivity contribution >= 4 is 17.2 Å². The molecule has 2 aliphatic rings. The Labute approximate surface area is 130 Å². The van der Waals surface area contributed by atoms with E-state index in [1.54, 1.807) is 11.3 Å². The molecule has 4 nitrogen and oxygen atoms in total. The average Bonchev–Trinajstić information content (AvgIpc) is 3.06. The van der Waals surface area contributed by atoms with Crippen LogP contribution in [0, 0.1) is 5.92 Å². The number of amides is 1. The van der Waals surface area contributed by atoms with Crippen LogP contribution in [0.4, 0.5) is 0 Å². The molecular weight excluding hydrogens is 284 g/mol. The standard InChI is InChI=1S/C16H24N2O2S/c1-11(2)17-16(19)14-7-13-3-5-18(9-15(13)20-14)8-12-4-6-21-10-12/h4,6,10-11,13-15H,3,5,7-9H2,1-2H3,(H,17,19)/t13-,14+,15+/m1/s1. The Bertz CT molecular complexity index is 475. The Morgan fingerprint density at radius 1 is 1.57 bits per heavy atom. The van der Waals surface area contributed by atoms with Crippen LogP contribution >= 0.6 is 11.3 Å². The second kappa shape index (κ2) is 6.46. The van der Waals surface area contributed by atoms with Gasteiger partial charge in [-0.1, -0.05) is 0 Å². The molecule has 0 aromatic carbocycles. The largest absolute Gasteiger partial charge is 0.364 e. The van der Waals surface area contributed by atoms with E-state index in [2.05, 4.69) is 27.0 Å². The van der Waals surface area contributed by atoms with Gasteiger partial charge < -0.3 is 10.1 Å². The van der Waals surface area contributed by atoms with Gasteiger partial charge in [-0.05, 0) is 61.5 Å². The van der Waals surface area contributed by atoms with Crippen LogP contribution in [0.25, 0.3) is 0 Å². The zero-order valence-electron chi connectivity index (χ0n) is 12.7. The monoisotopic (exact) mass is 308 g/mol. The molecule has 0 spiro atoms. The Hall–Kier alpha value is -0.910. The number of carbonyl (C=O) groups excluding carboxylic acids is 1. The van der Waals surface area contributed by atoms with Gasteiger partial charge in [-0.25, -0.2) is 0 Å². The van der Waals surface area contributed by atoms with Crippen LogP contribution in [-0.4, -0.2) is 42.1 Å². The van der Waals surface area contributed by atoms with Crippen LogP contribution in [0.3, 0.4) is 0 Å². The zero-order valence-corrected chi connectivity index (χ0v) is 13.6. The van der Waals surface area contributed by atoms with Crippen molar-refractivity contribution in [3.8, 4) is 0 Å². The molecule has 5 heteroatoms. The molecule has 2 aliphatic heterocycles. The highest BCUT2D eigenvalue weighted by Gasteiger charge is 2.41. The van der Waals surface area contributed by atoms with Crippen molar-refractivity contribution in [3.63, 3.8) is 0 Å². The molecule has 3 rings (SSSR count). The van der Waals surface area contributed by atoms with Crippen LogP contribution in [0.5, 0.6) is 0 Å². The quantitative estimate of drug-likeness (QED) is 0.927. The van der Waals surface area contributed by atoms with E-state index >= 15 is 0 Å². The lowest BCUT2D eigenvalue weighted by Crippen LogP contribution is -2.42. The lowest BCUT2D eigenvalue weighted by molar-refractivity contribution is -0.133. The highest BCUT2D eigenvalue weighted by Crippen LogP contribution is 2.33. The number of piperidine rings is 1. The summed E-state index contributed by atoms with van der Waals surface area (Å²) in [6.45, 7) is 7.04. The summed E-state index contributed by atoms with van der Waals surface area (Å²) in [5.41, 5.74) is 1.38. The van der Waals surface area contributed by atoms with E-state index in [0.29, 0.717) is 5.92 Å². The van der Waals surface area contributed by atoms with Gasteiger partial charge in [0.15, 0.2) is 0 Å². The van der Waals surface area contributed by atoms with Crippen molar-refractivity contribution in [2.24, 2.45) is 5.92 Å². The molecule has 2 saturated heterocycles. The number of carbonyl (C=O) groups is 1. The molecule has 0 aliphatic carbocycles. The summed E-state index contributed by atoms with van der Waals surface area (Å²) in [7, 11) is 0. The molecule has 0 bridgehead atoms. The van der Waals surface area contributed by atoms with Gasteiger partial charge in [0.25, 0.3) is 0 Å². The summed E-state index contributed by atoms with van der Waals surface area (Å²) in [6, 6.07) is 2.37. The smallest absolute Gasteiger partial charge is 0.249 e. The fourth-order valence-electron chi connectivity index (χ4n) is 3.33. The molecule has 116 valence electrons. The van der Waals surface area contributed by atoms with Crippen LogP contribution in [0.2, 0.25) is 0 Å². The minimum absolute atomic E-state index is 0.0591. The first-order chi connectivity index (χ1) is 10.1. The molecule has 0 radical (unpaired) electrons. The normalized spacial score (nSPS) is 29.6. The van der Waals surface area contributed by atoms with Gasteiger partial charge in [-0.15, -0.1) is 0 Å². The van der Waals surface area contributed by atoms with Gasteiger partial charge in [-0.3, -0.25) is 9.69 Å². The number of rotatable bonds is 4. The van der Waals surface area contributed by atoms with Crippen LogP contribution in [0.1, 0.15) is 32.3 Å². The van der Waals surface area contributed by atoms with E-state index in [1.807, 2.05) is 13.8 Å². The summed E-state index contributed by atoms with van der Waals surface area (Å²) in [5, 5.41) is 7.30. The van der Waals surface area contributed by atoms with Gasteiger partial charge in [0.1, 0.15) is 6.10 Å². The molecular formula is C16H24N2O2S. The third-order valence-corrected chi connectivity index (χ3v) is 5.08. The fourth-order valence-corrected chi connectivity index (χ4v) is 3.98. The van der Waals surface area contributed by atoms with Gasteiger partial charge in [0, 0.05) is 19.1 Å². The number of thiophene rings is 1. The van der Waals surface area contributed by atoms with E-state index in [4.69, 9.17) is 4.74 Å². The van der Waals surface area contributed by atoms with Gasteiger partial charge in [-0.2, -0.15) is 11.3 Å². The van der Waals surface area contributed by atoms with Gasteiger partial charge in [0.2, 0.25) is 5.91 Å². The number of ether oxygens (including phenoxy) is 1. The second-order valence-electron chi connectivity index (χ2n) is 6.48. The molecule has 21 heavy (non-hydrogen) atoms. The molecule has 1 aromatic heterocycles. The van der Waals surface area contributed by atoms with Crippen molar-refractivity contribution in [1.29, 1.82) is 0 Å². The molecule has 0 saturated carbocycles. The molecule has 3 atom stereocenters. The first-order valence-electron chi connectivity index (χ1n) is 7.81. The highest BCUT2D eigenvalue weighted by molar-refractivity contribution is 7.07. The van der Waals surface area contributed by atoms with Crippen molar-refractivity contribution in [2.45, 2.75) is 51.5 Å². The summed E-state index contributed by atoms with van der Waals surface area (Å²) >= 11 is 1.75. The molecule has 2 fully saturated rings. The predicted molar refractivity (Wildman–Crippen MR) is 84.3 cm³/mol. The van der Waals surface area contributed by atoms with E-state index < -0.39 is 0 Å². The lowest BCUT2D eigenvalue weighted by Gasteiger charge is -2.33. The summed E-state index contributed by atoms with van der Waals surface area (Å²) in [5.74, 6) is 0.607. The third kappa shape index (κ3) is 3.65. The van der Waals surface area contributed by atoms with Crippen molar-refractivity contribution in [3.05, 3.63) is 22.4 Å². The van der Waals surface area contributed by atoms with Gasteiger partial charge in [0.05, 0.1) is 6.10 Å². The topological polar surface area (TPSA) is 41.6 Å². The molecule has 1 amide bonds. The maximum Gasteiger partial charge on any atom is 0.249 e. The molecule has 1 aromatic rings. The zero-order chi connectivity index (χ0) is 14.8. The SMILES string of the molecule is CC(C)NC(=O)[C@@H]1C[C@H]2CCN(Cc3ccsc3)C[C@@H]2O1. The Kier molecular flexibility index (Phi) is 4.62. The second-order valence-corrected chi connectivity index (χ2v) is 7.26. The molecule has 1 N–H and O–H groups in total. The Morgan fingerprint density at radius 3 is 3.14 bits per heavy atom. The van der Waals surface area contributed by atoms with E-state index in [1.165, 1.54) is 5.56 Å². The molecule has 3 heterocycles. The lowest BCUT2D eigenvalue weighted by atomic mass is 9.91. The van der Waals surface area contributed by atoms with Crippen molar-refractivity contribution in [2.75, 3.05) is 13.1 Å². The average molecular weight is 308 g/mol. The Morgan fingerprint density at radius 2 is 2.43 bits per heavy atom. The van der Waals surface area contributed by atoms with E-state index in [0.717, 1.165) is 32.5 Å². The summed E-state index contributed by atoms with van der Waals surface area (Å²) in [4.78, 5) is 14.5. The van der Waals surface area contributed by atoms with Crippen LogP contribution in [0.15, 0.2) is 16.8 Å². The maximum atomic E-state index is 12.1. The van der Waals surface area contributed by atoms with Crippen molar-refractivity contribution < 1.29 is 9.53 Å². The predicted octanol–water partition coefficient (Wildman–Crippen LogP) is 2.25. The van der Waals surface area contributed by atoms with Gasteiger partial charge >= 0.3 is 0 Å². The van der Waals surface area contributed by atoms with Crippen molar-refractivity contribution in [1.82, 2.24) is 10.2 Å². The minimum atomic E-state index is -0.247. The number of likely N-dealkylation sites (tertiary alicyclic amines) is 1. The molecule has 0 unspecified atom stereocenters.